The average Bonchev–Trinajstić information content (AvgIpc) is 3.19. The Labute approximate surface area is 121 Å². The van der Waals surface area contributed by atoms with Crippen molar-refractivity contribution < 1.29 is 13.2 Å². The summed E-state index contributed by atoms with van der Waals surface area (Å²) in [6.07, 6.45) is -2.69. The highest BCUT2D eigenvalue weighted by Gasteiger charge is 2.34. The minimum atomic E-state index is -4.58. The quantitative estimate of drug-likeness (QED) is 0.873. The van der Waals surface area contributed by atoms with Crippen molar-refractivity contribution in [2.45, 2.75) is 25.6 Å². The highest BCUT2D eigenvalue weighted by atomic mass is 32.1. The molecule has 8 heteroatoms. The molecule has 1 heterocycles. The van der Waals surface area contributed by atoms with E-state index in [-0.39, 0.29) is 18.2 Å². The summed E-state index contributed by atoms with van der Waals surface area (Å²) in [5.74, 6) is 0.288. The molecule has 3 rings (SSSR count). The van der Waals surface area contributed by atoms with Crippen LogP contribution in [0.4, 0.5) is 13.2 Å². The van der Waals surface area contributed by atoms with E-state index in [0.717, 1.165) is 27.4 Å². The molecule has 0 aliphatic heterocycles. The molecule has 112 valence electrons. The first-order valence-electron chi connectivity index (χ1n) is 6.37. The Morgan fingerprint density at radius 2 is 1.86 bits per heavy atom. The molecular weight excluding hydrogens is 305 g/mol. The molecule has 0 radical (unpaired) electrons. The fraction of sp³-hybridized carbons (Fsp3) is 0.385. The van der Waals surface area contributed by atoms with Gasteiger partial charge in [-0.3, -0.25) is 4.79 Å². The number of para-hydroxylation sites is 1. The van der Waals surface area contributed by atoms with Crippen LogP contribution in [0.2, 0.25) is 0 Å². The summed E-state index contributed by atoms with van der Waals surface area (Å²) in [4.78, 5) is 23.5. The summed E-state index contributed by atoms with van der Waals surface area (Å²) < 4.78 is 40.8. The second-order valence-electron chi connectivity index (χ2n) is 5.00. The molecular formula is C13H11F3N2O2S. The molecule has 0 amide bonds. The number of halogens is 3. The van der Waals surface area contributed by atoms with Crippen LogP contribution in [0, 0.1) is 5.92 Å². The van der Waals surface area contributed by atoms with Crippen LogP contribution in [0.5, 0.6) is 0 Å². The Hall–Kier alpha value is -1.83. The van der Waals surface area contributed by atoms with Crippen molar-refractivity contribution in [3.8, 4) is 5.69 Å². The highest BCUT2D eigenvalue weighted by Crippen LogP contribution is 2.33. The van der Waals surface area contributed by atoms with Crippen LogP contribution in [-0.4, -0.2) is 8.52 Å². The Bertz CT molecular complexity index is 784. The van der Waals surface area contributed by atoms with Gasteiger partial charge in [0.25, 0.3) is 0 Å². The van der Waals surface area contributed by atoms with E-state index >= 15 is 0 Å². The lowest BCUT2D eigenvalue weighted by atomic mass is 10.2. The lowest BCUT2D eigenvalue weighted by Crippen LogP contribution is -2.29. The van der Waals surface area contributed by atoms with E-state index < -0.39 is 22.3 Å². The Balaban J connectivity index is 2.14. The molecule has 0 spiro atoms. The minimum absolute atomic E-state index is 0.287. The van der Waals surface area contributed by atoms with Crippen LogP contribution in [0.3, 0.4) is 0 Å². The standard InChI is InChI=1S/C13H11F3N2O2S/c14-13(15,16)9-3-1-2-4-10(9)18-11(19)17(12(20)21-18)7-8-5-6-8/h1-4,8H,5-7H2. The number of hydrogen-bond donors (Lipinski definition) is 0. The second-order valence-corrected chi connectivity index (χ2v) is 5.90. The van der Waals surface area contributed by atoms with Crippen LogP contribution >= 0.6 is 11.5 Å². The van der Waals surface area contributed by atoms with Crippen molar-refractivity contribution in [2.24, 2.45) is 5.92 Å². The van der Waals surface area contributed by atoms with E-state index in [1.165, 1.54) is 18.2 Å². The van der Waals surface area contributed by atoms with Gasteiger partial charge in [-0.25, -0.2) is 13.3 Å². The van der Waals surface area contributed by atoms with Gasteiger partial charge in [-0.2, -0.15) is 13.2 Å². The maximum atomic E-state index is 13.0. The van der Waals surface area contributed by atoms with Crippen molar-refractivity contribution in [3.05, 3.63) is 50.0 Å². The van der Waals surface area contributed by atoms with Crippen LogP contribution < -0.4 is 10.6 Å². The average molecular weight is 316 g/mol. The number of rotatable bonds is 3. The lowest BCUT2D eigenvalue weighted by molar-refractivity contribution is -0.137. The predicted molar refractivity (Wildman–Crippen MR) is 71.9 cm³/mol. The van der Waals surface area contributed by atoms with Gasteiger partial charge < -0.3 is 0 Å². The van der Waals surface area contributed by atoms with Gasteiger partial charge in [0, 0.05) is 18.1 Å². The van der Waals surface area contributed by atoms with E-state index in [0.29, 0.717) is 11.5 Å². The molecule has 0 saturated heterocycles. The van der Waals surface area contributed by atoms with E-state index in [4.69, 9.17) is 0 Å². The number of alkyl halides is 3. The maximum absolute atomic E-state index is 13.0. The SMILES string of the molecule is O=c1sn(-c2ccccc2C(F)(F)F)c(=O)n1CC1CC1. The Kier molecular flexibility index (Phi) is 3.27. The third-order valence-corrected chi connectivity index (χ3v) is 4.27. The van der Waals surface area contributed by atoms with Gasteiger partial charge in [-0.15, -0.1) is 0 Å². The normalized spacial score (nSPS) is 15.4. The molecule has 21 heavy (non-hydrogen) atoms. The molecule has 1 saturated carbocycles. The zero-order chi connectivity index (χ0) is 15.2. The summed E-state index contributed by atoms with van der Waals surface area (Å²) in [6.45, 7) is 0.287. The molecule has 0 N–H and O–H groups in total. The van der Waals surface area contributed by atoms with Crippen LogP contribution in [0.25, 0.3) is 5.69 Å². The zero-order valence-corrected chi connectivity index (χ0v) is 11.6. The van der Waals surface area contributed by atoms with Crippen molar-refractivity contribution in [1.82, 2.24) is 8.52 Å². The van der Waals surface area contributed by atoms with Crippen LogP contribution in [-0.2, 0) is 12.7 Å². The second kappa shape index (κ2) is 4.87. The molecule has 1 fully saturated rings. The van der Waals surface area contributed by atoms with Gasteiger partial charge in [0.1, 0.15) is 0 Å². The molecule has 2 aromatic rings. The fourth-order valence-electron chi connectivity index (χ4n) is 2.11. The van der Waals surface area contributed by atoms with Gasteiger partial charge in [0.2, 0.25) is 0 Å². The minimum Gasteiger partial charge on any atom is -0.255 e. The first kappa shape index (κ1) is 14.1. The summed E-state index contributed by atoms with van der Waals surface area (Å²) in [5, 5.41) is 0. The van der Waals surface area contributed by atoms with Crippen molar-refractivity contribution in [3.63, 3.8) is 0 Å². The molecule has 4 nitrogen and oxygen atoms in total. The summed E-state index contributed by atoms with van der Waals surface area (Å²) in [5.41, 5.74) is -1.92. The molecule has 0 bridgehead atoms. The van der Waals surface area contributed by atoms with Crippen molar-refractivity contribution >= 4 is 11.5 Å². The van der Waals surface area contributed by atoms with Crippen LogP contribution in [0.1, 0.15) is 18.4 Å². The van der Waals surface area contributed by atoms with Crippen LogP contribution in [0.15, 0.2) is 33.9 Å². The van der Waals surface area contributed by atoms with E-state index in [1.807, 2.05) is 0 Å². The molecule has 0 atom stereocenters. The Morgan fingerprint density at radius 3 is 2.48 bits per heavy atom. The monoisotopic (exact) mass is 316 g/mol. The molecule has 0 unspecified atom stereocenters. The van der Waals surface area contributed by atoms with Crippen molar-refractivity contribution in [2.75, 3.05) is 0 Å². The zero-order valence-electron chi connectivity index (χ0n) is 10.8. The third-order valence-electron chi connectivity index (χ3n) is 3.36. The third kappa shape index (κ3) is 2.67. The Morgan fingerprint density at radius 1 is 1.19 bits per heavy atom. The highest BCUT2D eigenvalue weighted by molar-refractivity contribution is 7.03. The summed E-state index contributed by atoms with van der Waals surface area (Å²) >= 11 is 0.506. The maximum Gasteiger partial charge on any atom is 0.418 e. The van der Waals surface area contributed by atoms with E-state index in [1.54, 1.807) is 0 Å². The fourth-order valence-corrected chi connectivity index (χ4v) is 2.95. The molecule has 1 aliphatic carbocycles. The predicted octanol–water partition coefficient (Wildman–Crippen LogP) is 2.49. The number of benzene rings is 1. The lowest BCUT2D eigenvalue weighted by Gasteiger charge is -2.11. The van der Waals surface area contributed by atoms with Crippen molar-refractivity contribution in [1.29, 1.82) is 0 Å². The first-order chi connectivity index (χ1) is 9.88. The smallest absolute Gasteiger partial charge is 0.255 e. The number of nitrogens with zero attached hydrogens (tertiary/aromatic N) is 2. The number of aromatic nitrogens is 2. The van der Waals surface area contributed by atoms with Gasteiger partial charge in [-0.1, -0.05) is 12.1 Å². The first-order valence-corrected chi connectivity index (χ1v) is 7.15. The topological polar surface area (TPSA) is 44.0 Å². The van der Waals surface area contributed by atoms with Gasteiger partial charge >= 0.3 is 16.7 Å². The van der Waals surface area contributed by atoms with E-state index in [2.05, 4.69) is 0 Å². The largest absolute Gasteiger partial charge is 0.418 e. The van der Waals surface area contributed by atoms with E-state index in [9.17, 15) is 22.8 Å². The molecule has 1 aliphatic rings. The molecule has 1 aromatic carbocycles. The van der Waals surface area contributed by atoms with Gasteiger partial charge in [-0.05, 0) is 30.9 Å². The summed E-state index contributed by atoms with van der Waals surface area (Å²) in [7, 11) is 0. The molecule has 1 aromatic heterocycles. The van der Waals surface area contributed by atoms with Gasteiger partial charge in [0.15, 0.2) is 0 Å². The summed E-state index contributed by atoms with van der Waals surface area (Å²) in [6, 6.07) is 4.76. The van der Waals surface area contributed by atoms with Gasteiger partial charge in [0.05, 0.1) is 11.3 Å². The number of hydrogen-bond acceptors (Lipinski definition) is 3.